The molecule has 2 aliphatic rings. The van der Waals surface area contributed by atoms with E-state index in [1.54, 1.807) is 0 Å². The van der Waals surface area contributed by atoms with E-state index in [-0.39, 0.29) is 0 Å². The van der Waals surface area contributed by atoms with E-state index in [1.807, 2.05) is 24.2 Å². The molecule has 2 fully saturated rings. The summed E-state index contributed by atoms with van der Waals surface area (Å²) in [5.74, 6) is 1.04. The lowest BCUT2D eigenvalue weighted by atomic mass is 10.1. The van der Waals surface area contributed by atoms with Crippen molar-refractivity contribution in [2.75, 3.05) is 0 Å². The number of hydrogen-bond donors (Lipinski definition) is 0. The largest absolute Gasteiger partial charge is 0.260 e. The average Bonchev–Trinajstić information content (AvgIpc) is 2.57. The highest BCUT2D eigenvalue weighted by atomic mass is 32.2. The Morgan fingerprint density at radius 1 is 1.19 bits per heavy atom. The number of rotatable bonds is 3. The first-order valence-corrected chi connectivity index (χ1v) is 7.19. The molecule has 0 amide bonds. The number of pyridine rings is 1. The lowest BCUT2D eigenvalue weighted by molar-refractivity contribution is 0.270. The molecule has 2 unspecified atom stereocenters. The summed E-state index contributed by atoms with van der Waals surface area (Å²) in [6.45, 7) is 0. The first-order chi connectivity index (χ1) is 7.93. The summed E-state index contributed by atoms with van der Waals surface area (Å²) in [5.41, 5.74) is 1.21. The van der Waals surface area contributed by atoms with Gasteiger partial charge < -0.3 is 0 Å². The highest BCUT2D eigenvalue weighted by molar-refractivity contribution is 7.96. The molecule has 1 aromatic heterocycles. The SMILES string of the molecule is c1ccc(CSN2C3CCCC2CC3)nc1. The van der Waals surface area contributed by atoms with Crippen molar-refractivity contribution in [1.29, 1.82) is 0 Å². The summed E-state index contributed by atoms with van der Waals surface area (Å²) in [4.78, 5) is 4.39. The van der Waals surface area contributed by atoms with E-state index in [0.717, 1.165) is 17.8 Å². The van der Waals surface area contributed by atoms with Crippen LogP contribution in [-0.2, 0) is 5.75 Å². The predicted molar refractivity (Wildman–Crippen MR) is 68.0 cm³/mol. The number of piperidine rings is 1. The van der Waals surface area contributed by atoms with Crippen molar-refractivity contribution in [1.82, 2.24) is 9.29 Å². The molecule has 0 radical (unpaired) electrons. The number of hydrogen-bond acceptors (Lipinski definition) is 3. The van der Waals surface area contributed by atoms with Crippen LogP contribution in [0.2, 0.25) is 0 Å². The van der Waals surface area contributed by atoms with Crippen LogP contribution in [0.1, 0.15) is 37.8 Å². The Hall–Kier alpha value is -0.540. The summed E-state index contributed by atoms with van der Waals surface area (Å²) in [5, 5.41) is 0. The minimum atomic E-state index is 0.854. The summed E-state index contributed by atoms with van der Waals surface area (Å²) in [6.07, 6.45) is 8.98. The zero-order chi connectivity index (χ0) is 10.8. The van der Waals surface area contributed by atoms with Crippen LogP contribution < -0.4 is 0 Å². The topological polar surface area (TPSA) is 16.1 Å². The van der Waals surface area contributed by atoms with Crippen molar-refractivity contribution < 1.29 is 0 Å². The number of fused-ring (bicyclic) bond motifs is 2. The zero-order valence-corrected chi connectivity index (χ0v) is 10.3. The molecule has 2 nitrogen and oxygen atoms in total. The quantitative estimate of drug-likeness (QED) is 0.747. The maximum absolute atomic E-state index is 4.39. The summed E-state index contributed by atoms with van der Waals surface area (Å²) >= 11 is 2.00. The molecule has 1 aromatic rings. The van der Waals surface area contributed by atoms with Gasteiger partial charge in [-0.2, -0.15) is 0 Å². The molecule has 2 saturated heterocycles. The Labute approximate surface area is 102 Å². The lowest BCUT2D eigenvalue weighted by Crippen LogP contribution is -2.34. The van der Waals surface area contributed by atoms with Crippen LogP contribution in [0.15, 0.2) is 24.4 Å². The average molecular weight is 234 g/mol. The van der Waals surface area contributed by atoms with Gasteiger partial charge in [0.2, 0.25) is 0 Å². The van der Waals surface area contributed by atoms with E-state index < -0.39 is 0 Å². The van der Waals surface area contributed by atoms with Gasteiger partial charge in [-0.15, -0.1) is 0 Å². The lowest BCUT2D eigenvalue weighted by Gasteiger charge is -2.33. The van der Waals surface area contributed by atoms with Gasteiger partial charge >= 0.3 is 0 Å². The van der Waals surface area contributed by atoms with Gasteiger partial charge in [-0.05, 0) is 37.8 Å². The normalized spacial score (nSPS) is 29.5. The van der Waals surface area contributed by atoms with Crippen LogP contribution in [0.4, 0.5) is 0 Å². The maximum Gasteiger partial charge on any atom is 0.0515 e. The molecule has 0 aliphatic carbocycles. The van der Waals surface area contributed by atoms with E-state index >= 15 is 0 Å². The van der Waals surface area contributed by atoms with E-state index in [4.69, 9.17) is 0 Å². The Bertz CT molecular complexity index is 325. The molecule has 86 valence electrons. The van der Waals surface area contributed by atoms with E-state index in [1.165, 1.54) is 37.8 Å². The fourth-order valence-electron chi connectivity index (χ4n) is 2.90. The molecular formula is C13H18N2S. The van der Waals surface area contributed by atoms with Gasteiger partial charge in [-0.1, -0.05) is 24.4 Å². The summed E-state index contributed by atoms with van der Waals surface area (Å²) in [6, 6.07) is 7.89. The van der Waals surface area contributed by atoms with Gasteiger partial charge in [-0.3, -0.25) is 4.98 Å². The van der Waals surface area contributed by atoms with Gasteiger partial charge in [0.05, 0.1) is 11.4 Å². The van der Waals surface area contributed by atoms with Gasteiger partial charge in [0.25, 0.3) is 0 Å². The first kappa shape index (κ1) is 10.6. The van der Waals surface area contributed by atoms with Crippen LogP contribution in [0.25, 0.3) is 0 Å². The van der Waals surface area contributed by atoms with Crippen molar-refractivity contribution in [2.24, 2.45) is 0 Å². The zero-order valence-electron chi connectivity index (χ0n) is 9.51. The third-order valence-electron chi connectivity index (χ3n) is 3.72. The Morgan fingerprint density at radius 3 is 2.69 bits per heavy atom. The van der Waals surface area contributed by atoms with E-state index in [2.05, 4.69) is 21.4 Å². The van der Waals surface area contributed by atoms with Crippen molar-refractivity contribution in [3.05, 3.63) is 30.1 Å². The monoisotopic (exact) mass is 234 g/mol. The fourth-order valence-corrected chi connectivity index (χ4v) is 4.20. The van der Waals surface area contributed by atoms with E-state index in [9.17, 15) is 0 Å². The van der Waals surface area contributed by atoms with Crippen molar-refractivity contribution in [3.63, 3.8) is 0 Å². The third kappa shape index (κ3) is 2.11. The van der Waals surface area contributed by atoms with Crippen molar-refractivity contribution in [3.8, 4) is 0 Å². The molecular weight excluding hydrogens is 216 g/mol. The van der Waals surface area contributed by atoms with Gasteiger partial charge in [0.15, 0.2) is 0 Å². The second-order valence-electron chi connectivity index (χ2n) is 4.77. The second-order valence-corrected chi connectivity index (χ2v) is 5.74. The smallest absolute Gasteiger partial charge is 0.0515 e. The molecule has 2 bridgehead atoms. The molecule has 3 rings (SSSR count). The van der Waals surface area contributed by atoms with Gasteiger partial charge in [0, 0.05) is 18.3 Å². The van der Waals surface area contributed by atoms with Crippen LogP contribution in [0.5, 0.6) is 0 Å². The highest BCUT2D eigenvalue weighted by Crippen LogP contribution is 2.40. The highest BCUT2D eigenvalue weighted by Gasteiger charge is 2.36. The molecule has 3 heterocycles. The molecule has 0 aromatic carbocycles. The predicted octanol–water partition coefficient (Wildman–Crippen LogP) is 3.25. The molecule has 3 heteroatoms. The Kier molecular flexibility index (Phi) is 3.15. The van der Waals surface area contributed by atoms with Gasteiger partial charge in [-0.25, -0.2) is 4.31 Å². The fraction of sp³-hybridized carbons (Fsp3) is 0.615. The Morgan fingerprint density at radius 2 is 2.00 bits per heavy atom. The third-order valence-corrected chi connectivity index (χ3v) is 5.03. The maximum atomic E-state index is 4.39. The molecule has 0 N–H and O–H groups in total. The van der Waals surface area contributed by atoms with Gasteiger partial charge in [0.1, 0.15) is 0 Å². The molecule has 16 heavy (non-hydrogen) atoms. The van der Waals surface area contributed by atoms with Crippen molar-refractivity contribution >= 4 is 11.9 Å². The second kappa shape index (κ2) is 4.76. The number of nitrogens with zero attached hydrogens (tertiary/aromatic N) is 2. The summed E-state index contributed by atoms with van der Waals surface area (Å²) in [7, 11) is 0. The van der Waals surface area contributed by atoms with Crippen LogP contribution in [0, 0.1) is 0 Å². The number of aromatic nitrogens is 1. The Balaban J connectivity index is 1.59. The molecule has 0 saturated carbocycles. The molecule has 2 aliphatic heterocycles. The van der Waals surface area contributed by atoms with Crippen LogP contribution >= 0.6 is 11.9 Å². The van der Waals surface area contributed by atoms with Crippen molar-refractivity contribution in [2.45, 2.75) is 49.9 Å². The van der Waals surface area contributed by atoms with E-state index in [0.29, 0.717) is 0 Å². The minimum Gasteiger partial charge on any atom is -0.260 e. The molecule has 0 spiro atoms. The summed E-state index contributed by atoms with van der Waals surface area (Å²) < 4.78 is 2.66. The minimum absolute atomic E-state index is 0.854. The first-order valence-electron chi connectivity index (χ1n) is 6.24. The molecule has 2 atom stereocenters. The van der Waals surface area contributed by atoms with Crippen LogP contribution in [-0.4, -0.2) is 21.4 Å². The van der Waals surface area contributed by atoms with Crippen LogP contribution in [0.3, 0.4) is 0 Å². The standard InChI is InChI=1S/C13H18N2S/c1-2-9-14-11(4-1)10-16-15-12-5-3-6-13(15)8-7-12/h1-2,4,9,12-13H,3,5-8,10H2.